The zero-order valence-electron chi connectivity index (χ0n) is 15.0. The molecule has 0 fully saturated rings. The number of amides is 1. The van der Waals surface area contributed by atoms with Gasteiger partial charge in [-0.05, 0) is 30.2 Å². The Balaban J connectivity index is 0.00000338. The molecule has 0 radical (unpaired) electrons. The summed E-state index contributed by atoms with van der Waals surface area (Å²) in [6.45, 7) is 3.56. The van der Waals surface area contributed by atoms with E-state index < -0.39 is 15.9 Å². The molecule has 0 heterocycles. The molecule has 0 aliphatic heterocycles. The highest BCUT2D eigenvalue weighted by Crippen LogP contribution is 2.25. The number of carbonyl (C=O) groups is 1. The summed E-state index contributed by atoms with van der Waals surface area (Å²) in [5.74, 6) is -0.530. The van der Waals surface area contributed by atoms with Gasteiger partial charge in [0, 0.05) is 18.2 Å². The van der Waals surface area contributed by atoms with Crippen molar-refractivity contribution in [1.82, 2.24) is 5.32 Å². The van der Waals surface area contributed by atoms with Crippen LogP contribution in [0.15, 0.2) is 59.5 Å². The molecule has 0 spiro atoms. The van der Waals surface area contributed by atoms with Gasteiger partial charge in [-0.15, -0.1) is 12.4 Å². The number of nitrogens with two attached hydrogens (primary N) is 1. The van der Waals surface area contributed by atoms with Crippen molar-refractivity contribution in [2.24, 2.45) is 11.7 Å². The third-order valence-electron chi connectivity index (χ3n) is 4.24. The quantitative estimate of drug-likeness (QED) is 0.785. The van der Waals surface area contributed by atoms with Gasteiger partial charge in [-0.25, -0.2) is 8.42 Å². The largest absolute Gasteiger partial charge is 0.345 e. The van der Waals surface area contributed by atoms with E-state index in [9.17, 15) is 13.2 Å². The molecule has 0 saturated heterocycles. The molecule has 3 N–H and O–H groups in total. The molecule has 7 heteroatoms. The van der Waals surface area contributed by atoms with E-state index in [2.05, 4.69) is 5.32 Å². The minimum Gasteiger partial charge on any atom is -0.345 e. The smallest absolute Gasteiger partial charge is 0.225 e. The zero-order chi connectivity index (χ0) is 18.6. The molecule has 5 nitrogen and oxygen atoms in total. The molecule has 3 atom stereocenters. The Labute approximate surface area is 161 Å². The van der Waals surface area contributed by atoms with Gasteiger partial charge in [0.25, 0.3) is 0 Å². The van der Waals surface area contributed by atoms with Gasteiger partial charge in [0.2, 0.25) is 5.91 Å². The predicted octanol–water partition coefficient (Wildman–Crippen LogP) is 2.70. The Morgan fingerprint density at radius 1 is 1.00 bits per heavy atom. The molecule has 0 aliphatic carbocycles. The lowest BCUT2D eigenvalue weighted by atomic mass is 9.96. The van der Waals surface area contributed by atoms with Crippen LogP contribution in [0.1, 0.15) is 31.0 Å². The number of nitrogens with one attached hydrogen (secondary N) is 1. The predicted molar refractivity (Wildman–Crippen MR) is 106 cm³/mol. The third-order valence-corrected chi connectivity index (χ3v) is 5.35. The first-order valence-electron chi connectivity index (χ1n) is 8.11. The first kappa shape index (κ1) is 22.2. The highest BCUT2D eigenvalue weighted by atomic mass is 35.5. The van der Waals surface area contributed by atoms with Crippen LogP contribution in [0.5, 0.6) is 0 Å². The van der Waals surface area contributed by atoms with E-state index in [4.69, 9.17) is 5.73 Å². The summed E-state index contributed by atoms with van der Waals surface area (Å²) in [6.07, 6.45) is 1.17. The normalized spacial score (nSPS) is 14.6. The second-order valence-corrected chi connectivity index (χ2v) is 8.36. The molecule has 0 aliphatic rings. The summed E-state index contributed by atoms with van der Waals surface area (Å²) in [6, 6.07) is 15.4. The molecule has 1 amide bonds. The van der Waals surface area contributed by atoms with Gasteiger partial charge < -0.3 is 11.1 Å². The fraction of sp³-hybridized carbons (Fsp3) is 0.316. The standard InChI is InChI=1S/C19H24N2O3S.ClH/c1-13(14(2)20)19(22)21-18(15-8-5-4-6-9-15)16-10-7-11-17(12-16)25(3,23)24;/h4-14,18H,20H2,1-3H3,(H,21,22);1H. The Kier molecular flexibility index (Phi) is 7.81. The number of halogens is 1. The monoisotopic (exact) mass is 396 g/mol. The van der Waals surface area contributed by atoms with Gasteiger partial charge in [0.1, 0.15) is 0 Å². The fourth-order valence-corrected chi connectivity index (χ4v) is 3.12. The molecular formula is C19H25ClN2O3S. The number of benzene rings is 2. The van der Waals surface area contributed by atoms with Gasteiger partial charge in [0.05, 0.1) is 10.9 Å². The number of rotatable bonds is 6. The molecule has 142 valence electrons. The zero-order valence-corrected chi connectivity index (χ0v) is 16.7. The molecule has 26 heavy (non-hydrogen) atoms. The molecule has 2 rings (SSSR count). The van der Waals surface area contributed by atoms with Crippen LogP contribution in [0.4, 0.5) is 0 Å². The highest BCUT2D eigenvalue weighted by Gasteiger charge is 2.23. The lowest BCUT2D eigenvalue weighted by Crippen LogP contribution is -2.40. The maximum atomic E-state index is 12.5. The van der Waals surface area contributed by atoms with Crippen LogP contribution in [-0.4, -0.2) is 26.6 Å². The summed E-state index contributed by atoms with van der Waals surface area (Å²) in [7, 11) is -3.33. The van der Waals surface area contributed by atoms with Crippen LogP contribution >= 0.6 is 12.4 Å². The van der Waals surface area contributed by atoms with Crippen molar-refractivity contribution < 1.29 is 13.2 Å². The average Bonchev–Trinajstić information content (AvgIpc) is 2.58. The van der Waals surface area contributed by atoms with Gasteiger partial charge in [-0.3, -0.25) is 4.79 Å². The maximum absolute atomic E-state index is 12.5. The molecule has 0 aromatic heterocycles. The highest BCUT2D eigenvalue weighted by molar-refractivity contribution is 7.90. The lowest BCUT2D eigenvalue weighted by molar-refractivity contribution is -0.125. The first-order valence-corrected chi connectivity index (χ1v) is 10.00. The minimum absolute atomic E-state index is 0. The first-order chi connectivity index (χ1) is 11.7. The van der Waals surface area contributed by atoms with Crippen molar-refractivity contribution in [2.75, 3.05) is 6.26 Å². The van der Waals surface area contributed by atoms with Crippen LogP contribution in [0, 0.1) is 5.92 Å². The van der Waals surface area contributed by atoms with E-state index in [0.717, 1.165) is 5.56 Å². The van der Waals surface area contributed by atoms with E-state index in [1.165, 1.54) is 6.26 Å². The SMILES string of the molecule is CC(N)C(C)C(=O)NC(c1ccccc1)c1cccc(S(C)(=O)=O)c1.Cl. The van der Waals surface area contributed by atoms with E-state index >= 15 is 0 Å². The topological polar surface area (TPSA) is 89.3 Å². The second kappa shape index (κ2) is 9.16. The van der Waals surface area contributed by atoms with Crippen molar-refractivity contribution in [3.05, 3.63) is 65.7 Å². The third kappa shape index (κ3) is 5.56. The Morgan fingerprint density at radius 2 is 1.58 bits per heavy atom. The van der Waals surface area contributed by atoms with Crippen molar-refractivity contribution in [1.29, 1.82) is 0 Å². The fourth-order valence-electron chi connectivity index (χ4n) is 2.44. The summed E-state index contributed by atoms with van der Waals surface area (Å²) in [5, 5.41) is 3.00. The molecule has 0 bridgehead atoms. The Morgan fingerprint density at radius 3 is 2.12 bits per heavy atom. The van der Waals surface area contributed by atoms with Crippen LogP contribution in [-0.2, 0) is 14.6 Å². The second-order valence-electron chi connectivity index (χ2n) is 6.34. The van der Waals surface area contributed by atoms with Gasteiger partial charge in [-0.2, -0.15) is 0 Å². The number of carbonyl (C=O) groups excluding carboxylic acids is 1. The number of hydrogen-bond donors (Lipinski definition) is 2. The Bertz CT molecular complexity index is 839. The van der Waals surface area contributed by atoms with Crippen LogP contribution in [0.3, 0.4) is 0 Å². The van der Waals surface area contributed by atoms with Gasteiger partial charge in [0.15, 0.2) is 9.84 Å². The molecule has 2 aromatic rings. The van der Waals surface area contributed by atoms with E-state index in [1.807, 2.05) is 36.4 Å². The van der Waals surface area contributed by atoms with Crippen LogP contribution < -0.4 is 11.1 Å². The van der Waals surface area contributed by atoms with Crippen molar-refractivity contribution in [3.63, 3.8) is 0 Å². The maximum Gasteiger partial charge on any atom is 0.225 e. The number of sulfone groups is 1. The van der Waals surface area contributed by atoms with E-state index in [0.29, 0.717) is 5.56 Å². The average molecular weight is 397 g/mol. The van der Waals surface area contributed by atoms with Gasteiger partial charge >= 0.3 is 0 Å². The van der Waals surface area contributed by atoms with Crippen molar-refractivity contribution in [3.8, 4) is 0 Å². The Hall–Kier alpha value is -1.89. The molecular weight excluding hydrogens is 372 g/mol. The number of hydrogen-bond acceptors (Lipinski definition) is 4. The summed E-state index contributed by atoms with van der Waals surface area (Å²) >= 11 is 0. The minimum atomic E-state index is -3.33. The van der Waals surface area contributed by atoms with Crippen LogP contribution in [0.2, 0.25) is 0 Å². The van der Waals surface area contributed by atoms with E-state index in [-0.39, 0.29) is 35.2 Å². The van der Waals surface area contributed by atoms with Crippen LogP contribution in [0.25, 0.3) is 0 Å². The summed E-state index contributed by atoms with van der Waals surface area (Å²) < 4.78 is 23.7. The van der Waals surface area contributed by atoms with E-state index in [1.54, 1.807) is 32.0 Å². The molecule has 2 aromatic carbocycles. The lowest BCUT2D eigenvalue weighted by Gasteiger charge is -2.24. The van der Waals surface area contributed by atoms with Crippen molar-refractivity contribution >= 4 is 28.2 Å². The summed E-state index contributed by atoms with van der Waals surface area (Å²) in [5.41, 5.74) is 7.41. The van der Waals surface area contributed by atoms with Gasteiger partial charge in [-0.1, -0.05) is 49.4 Å². The molecule has 3 unspecified atom stereocenters. The van der Waals surface area contributed by atoms with Crippen molar-refractivity contribution in [2.45, 2.75) is 30.8 Å². The molecule has 0 saturated carbocycles. The summed E-state index contributed by atoms with van der Waals surface area (Å²) in [4.78, 5) is 12.7.